The van der Waals surface area contributed by atoms with Crippen molar-refractivity contribution in [1.29, 1.82) is 5.26 Å². The van der Waals surface area contributed by atoms with Crippen LogP contribution in [0.3, 0.4) is 0 Å². The molecule has 2 N–H and O–H groups in total. The molecule has 24 heavy (non-hydrogen) atoms. The summed E-state index contributed by atoms with van der Waals surface area (Å²) in [6.45, 7) is 6.55. The van der Waals surface area contributed by atoms with Crippen LogP contribution >= 0.6 is 11.3 Å². The van der Waals surface area contributed by atoms with Crippen molar-refractivity contribution in [3.05, 3.63) is 21.9 Å². The molecule has 0 aromatic carbocycles. The molecular weight excluding hydrogens is 322 g/mol. The summed E-state index contributed by atoms with van der Waals surface area (Å²) in [5, 5.41) is 23.4. The van der Waals surface area contributed by atoms with E-state index in [1.807, 2.05) is 16.3 Å². The summed E-state index contributed by atoms with van der Waals surface area (Å²) in [7, 11) is 0. The van der Waals surface area contributed by atoms with Crippen molar-refractivity contribution in [3.8, 4) is 6.07 Å². The number of nitriles is 1. The Balaban J connectivity index is 1.94. The molecule has 1 atom stereocenters. The Bertz CT molecular complexity index is 571. The smallest absolute Gasteiger partial charge is 0.239 e. The predicted molar refractivity (Wildman–Crippen MR) is 95.5 cm³/mol. The molecule has 1 aliphatic rings. The van der Waals surface area contributed by atoms with E-state index in [0.29, 0.717) is 23.9 Å². The number of likely N-dealkylation sites (tertiary alicyclic amines) is 1. The predicted octanol–water partition coefficient (Wildman–Crippen LogP) is 2.35. The summed E-state index contributed by atoms with van der Waals surface area (Å²) in [4.78, 5) is 15.9. The molecule has 1 fully saturated rings. The third-order valence-corrected chi connectivity index (χ3v) is 5.43. The zero-order valence-electron chi connectivity index (χ0n) is 14.5. The molecule has 6 heteroatoms. The maximum atomic E-state index is 12.9. The van der Waals surface area contributed by atoms with Gasteiger partial charge >= 0.3 is 0 Å². The summed E-state index contributed by atoms with van der Waals surface area (Å²) in [5.41, 5.74) is 0.676. The Morgan fingerprint density at radius 1 is 1.50 bits per heavy atom. The molecule has 1 aliphatic heterocycles. The number of carbonyl (C=O) groups is 1. The molecule has 0 saturated carbocycles. The number of amides is 1. The van der Waals surface area contributed by atoms with Gasteiger partial charge in [-0.25, -0.2) is 0 Å². The fraction of sp³-hybridized carbons (Fsp3) is 0.667. The van der Waals surface area contributed by atoms with E-state index < -0.39 is 0 Å². The number of aliphatic hydroxyl groups is 1. The first kappa shape index (κ1) is 18.9. The molecule has 132 valence electrons. The second-order valence-electron chi connectivity index (χ2n) is 6.93. The quantitative estimate of drug-likeness (QED) is 0.792. The van der Waals surface area contributed by atoms with E-state index in [1.165, 1.54) is 0 Å². The number of hydrogen-bond donors (Lipinski definition) is 2. The van der Waals surface area contributed by atoms with Crippen LogP contribution in [0.15, 0.2) is 11.4 Å². The van der Waals surface area contributed by atoms with Gasteiger partial charge in [0.1, 0.15) is 6.07 Å². The van der Waals surface area contributed by atoms with Crippen molar-refractivity contribution >= 4 is 17.2 Å². The monoisotopic (exact) mass is 349 g/mol. The van der Waals surface area contributed by atoms with Gasteiger partial charge in [-0.15, -0.1) is 11.3 Å². The van der Waals surface area contributed by atoms with Gasteiger partial charge in [0.2, 0.25) is 5.91 Å². The van der Waals surface area contributed by atoms with E-state index in [9.17, 15) is 9.90 Å². The molecule has 2 rings (SSSR count). The topological polar surface area (TPSA) is 76.4 Å². The highest BCUT2D eigenvalue weighted by Crippen LogP contribution is 2.19. The number of hydrogen-bond acceptors (Lipinski definition) is 5. The molecule has 0 spiro atoms. The van der Waals surface area contributed by atoms with Gasteiger partial charge in [-0.1, -0.05) is 13.8 Å². The van der Waals surface area contributed by atoms with Crippen LogP contribution in [0, 0.1) is 23.2 Å². The molecule has 2 heterocycles. The summed E-state index contributed by atoms with van der Waals surface area (Å²) < 4.78 is 0. The van der Waals surface area contributed by atoms with Crippen LogP contribution in [-0.2, 0) is 11.3 Å². The third-order valence-electron chi connectivity index (χ3n) is 4.50. The van der Waals surface area contributed by atoms with Gasteiger partial charge in [0, 0.05) is 36.5 Å². The second-order valence-corrected chi connectivity index (χ2v) is 7.92. The van der Waals surface area contributed by atoms with Crippen LogP contribution in [0.25, 0.3) is 0 Å². The molecule has 1 unspecified atom stereocenters. The van der Waals surface area contributed by atoms with Crippen LogP contribution in [0.2, 0.25) is 0 Å². The molecule has 5 nitrogen and oxygen atoms in total. The van der Waals surface area contributed by atoms with Crippen molar-refractivity contribution in [2.24, 2.45) is 11.8 Å². The Labute approximate surface area is 148 Å². The Morgan fingerprint density at radius 2 is 2.21 bits per heavy atom. The Morgan fingerprint density at radius 3 is 2.75 bits per heavy atom. The lowest BCUT2D eigenvalue weighted by molar-refractivity contribution is -0.135. The second kappa shape index (κ2) is 9.16. The molecule has 0 radical (unpaired) electrons. The first-order chi connectivity index (χ1) is 11.5. The largest absolute Gasteiger partial charge is 0.396 e. The third kappa shape index (κ3) is 5.30. The summed E-state index contributed by atoms with van der Waals surface area (Å²) in [5.74, 6) is 0.928. The normalized spacial score (nSPS) is 17.0. The standard InChI is InChI=1S/C18H27N3O2S/c1-13(2)7-17(20-10-16-8-15(9-19)12-24-16)18(23)21-5-3-14(11-22)4-6-21/h8,12-14,17,20,22H,3-7,10-11H2,1-2H3. The number of piperidine rings is 1. The van der Waals surface area contributed by atoms with Gasteiger partial charge in [0.15, 0.2) is 0 Å². The molecule has 0 bridgehead atoms. The minimum atomic E-state index is -0.191. The fourth-order valence-corrected chi connectivity index (χ4v) is 3.82. The summed E-state index contributed by atoms with van der Waals surface area (Å²) in [6.07, 6.45) is 2.56. The SMILES string of the molecule is CC(C)CC(NCc1cc(C#N)cs1)C(=O)N1CCC(CO)CC1. The van der Waals surface area contributed by atoms with E-state index >= 15 is 0 Å². The van der Waals surface area contributed by atoms with Gasteiger partial charge in [-0.2, -0.15) is 5.26 Å². The molecule has 1 aromatic rings. The van der Waals surface area contributed by atoms with Crippen LogP contribution in [-0.4, -0.2) is 41.7 Å². The number of rotatable bonds is 7. The first-order valence-corrected chi connectivity index (χ1v) is 9.52. The zero-order chi connectivity index (χ0) is 17.5. The maximum absolute atomic E-state index is 12.9. The van der Waals surface area contributed by atoms with Crippen molar-refractivity contribution < 1.29 is 9.90 Å². The molecular formula is C18H27N3O2S. The number of carbonyl (C=O) groups excluding carboxylic acids is 1. The summed E-state index contributed by atoms with van der Waals surface area (Å²) >= 11 is 1.55. The Hall–Kier alpha value is -1.42. The van der Waals surface area contributed by atoms with E-state index in [2.05, 4.69) is 25.2 Å². The average Bonchev–Trinajstić information content (AvgIpc) is 3.06. The number of nitrogens with zero attached hydrogens (tertiary/aromatic N) is 2. The van der Waals surface area contributed by atoms with Gasteiger partial charge in [0.05, 0.1) is 11.6 Å². The molecule has 0 aliphatic carbocycles. The van der Waals surface area contributed by atoms with E-state index in [-0.39, 0.29) is 18.6 Å². The van der Waals surface area contributed by atoms with Crippen LogP contribution in [0.5, 0.6) is 0 Å². The van der Waals surface area contributed by atoms with E-state index in [4.69, 9.17) is 5.26 Å². The lowest BCUT2D eigenvalue weighted by atomic mass is 9.96. The minimum absolute atomic E-state index is 0.164. The van der Waals surface area contributed by atoms with E-state index in [1.54, 1.807) is 11.3 Å². The number of aliphatic hydroxyl groups excluding tert-OH is 1. The van der Waals surface area contributed by atoms with Crippen LogP contribution in [0.4, 0.5) is 0 Å². The lowest BCUT2D eigenvalue weighted by Crippen LogP contribution is -2.49. The number of thiophene rings is 1. The zero-order valence-corrected chi connectivity index (χ0v) is 15.3. The maximum Gasteiger partial charge on any atom is 0.239 e. The van der Waals surface area contributed by atoms with Crippen LogP contribution in [0.1, 0.15) is 43.6 Å². The molecule has 1 saturated heterocycles. The minimum Gasteiger partial charge on any atom is -0.396 e. The highest BCUT2D eigenvalue weighted by atomic mass is 32.1. The average molecular weight is 350 g/mol. The summed E-state index contributed by atoms with van der Waals surface area (Å²) in [6, 6.07) is 3.82. The fourth-order valence-electron chi connectivity index (χ4n) is 3.05. The van der Waals surface area contributed by atoms with Crippen LogP contribution < -0.4 is 5.32 Å². The molecule has 1 aromatic heterocycles. The van der Waals surface area contributed by atoms with Gasteiger partial charge in [-0.3, -0.25) is 4.79 Å². The van der Waals surface area contributed by atoms with Crippen molar-refractivity contribution in [1.82, 2.24) is 10.2 Å². The van der Waals surface area contributed by atoms with Crippen molar-refractivity contribution in [3.63, 3.8) is 0 Å². The van der Waals surface area contributed by atoms with Gasteiger partial charge in [0.25, 0.3) is 0 Å². The van der Waals surface area contributed by atoms with E-state index in [0.717, 1.165) is 37.2 Å². The highest BCUT2D eigenvalue weighted by molar-refractivity contribution is 7.10. The first-order valence-electron chi connectivity index (χ1n) is 8.64. The van der Waals surface area contributed by atoms with Crippen molar-refractivity contribution in [2.45, 2.75) is 45.7 Å². The van der Waals surface area contributed by atoms with Crippen molar-refractivity contribution in [2.75, 3.05) is 19.7 Å². The number of nitrogens with one attached hydrogen (secondary N) is 1. The molecule has 1 amide bonds. The van der Waals surface area contributed by atoms with Gasteiger partial charge < -0.3 is 15.3 Å². The highest BCUT2D eigenvalue weighted by Gasteiger charge is 2.28. The Kier molecular flexibility index (Phi) is 7.22. The van der Waals surface area contributed by atoms with Gasteiger partial charge in [-0.05, 0) is 37.2 Å². The lowest BCUT2D eigenvalue weighted by Gasteiger charge is -2.34.